The van der Waals surface area contributed by atoms with Crippen molar-refractivity contribution >= 4 is 44.4 Å². The molecule has 30 atom stereocenters. The summed E-state index contributed by atoms with van der Waals surface area (Å²) in [5.74, 6) is -0.385. The average Bonchev–Trinajstić information content (AvgIpc) is 3.56. The van der Waals surface area contributed by atoms with E-state index in [1.165, 1.54) is 41.7 Å². The largest absolute Gasteiger partial charge is 0.469 e. The minimum Gasteiger partial charge on any atom is -0.469 e. The number of carbonyl (C=O) groups excluding carboxylic acids is 7. The predicted octanol–water partition coefficient (Wildman–Crippen LogP) is -7.65. The molecule has 0 saturated carbocycles. The van der Waals surface area contributed by atoms with Crippen LogP contribution in [0.15, 0.2) is 0 Å². The van der Waals surface area contributed by atoms with E-state index in [1.807, 2.05) is 0 Å². The number of hydrogen-bond acceptors (Lipinski definition) is 27. The summed E-state index contributed by atoms with van der Waals surface area (Å²) in [7, 11) is 1.28. The maximum absolute atomic E-state index is 12.4. The van der Waals surface area contributed by atoms with Crippen LogP contribution in [0.5, 0.6) is 0 Å². The van der Waals surface area contributed by atoms with E-state index in [0.29, 0.717) is 38.5 Å². The molecule has 33 nitrogen and oxygen atoms in total. The molecule has 6 aliphatic rings. The number of hydrogen-bond donors (Lipinski definition) is 13. The van der Waals surface area contributed by atoms with E-state index in [0.717, 1.165) is 0 Å². The minimum absolute atomic E-state index is 0.0415. The molecule has 468 valence electrons. The van der Waals surface area contributed by atoms with Crippen molar-refractivity contribution in [3.63, 3.8) is 0 Å². The van der Waals surface area contributed by atoms with Crippen LogP contribution in [0.2, 0.25) is 0 Å². The average molecular weight is 1190 g/mol. The molecule has 0 bridgehead atoms. The van der Waals surface area contributed by atoms with Gasteiger partial charge in [-0.15, -0.1) is 0 Å². The third-order valence-corrected chi connectivity index (χ3v) is 15.5. The van der Waals surface area contributed by atoms with Crippen LogP contribution in [-0.4, -0.2) is 278 Å². The Morgan fingerprint density at radius 2 is 0.659 bits per heavy atom. The Morgan fingerprint density at radius 1 is 0.366 bits per heavy atom. The number of methoxy groups -OCH3 is 1. The van der Waals surface area contributed by atoms with Crippen LogP contribution in [0.4, 0.5) is 0 Å². The lowest BCUT2D eigenvalue weighted by Crippen LogP contribution is -2.70. The first-order valence-electron chi connectivity index (χ1n) is 27.0. The van der Waals surface area contributed by atoms with Crippen LogP contribution in [0.3, 0.4) is 0 Å². The number of ether oxygens (including phenoxy) is 13. The van der Waals surface area contributed by atoms with E-state index in [9.17, 15) is 69.3 Å². The first kappa shape index (κ1) is 66.7. The highest BCUT2D eigenvalue weighted by Gasteiger charge is 2.58. The normalized spacial score (nSPS) is 45.0. The third-order valence-electron chi connectivity index (χ3n) is 15.5. The molecule has 13 N–H and O–H groups in total. The van der Waals surface area contributed by atoms with Gasteiger partial charge in [-0.1, -0.05) is 6.42 Å². The van der Waals surface area contributed by atoms with Gasteiger partial charge >= 0.3 is 5.97 Å². The van der Waals surface area contributed by atoms with Gasteiger partial charge in [0, 0.05) is 13.0 Å². The molecule has 0 spiro atoms. The topological polar surface area (TPSA) is 453 Å². The first-order valence-corrected chi connectivity index (χ1v) is 27.0. The molecule has 6 amide bonds. The molecule has 6 heterocycles. The van der Waals surface area contributed by atoms with Crippen LogP contribution in [0.1, 0.15) is 67.2 Å². The van der Waals surface area contributed by atoms with E-state index >= 15 is 0 Å². The van der Waals surface area contributed by atoms with E-state index in [4.69, 9.17) is 61.6 Å². The summed E-state index contributed by atoms with van der Waals surface area (Å²) in [4.78, 5) is 82.4. The van der Waals surface area contributed by atoms with Crippen LogP contribution in [0.25, 0.3) is 0 Å². The van der Waals surface area contributed by atoms with Crippen molar-refractivity contribution in [2.24, 2.45) is 0 Å². The number of aliphatic hydroxyl groups excluding tert-OH is 7. The SMILES string of the molecule is COC(=O)CCCCCO[C@H]1OC(C)[C@@H](NC=O)C(O)[C@H]1O[C@H]1OC(C)[C@@H](NC=O)C(O)[C@H]1O[C@H]1OC(C)[C@@H](NC=O)C(O[C@H]2OC(C)[C@@H](NC=O)C(O)C2O[C@H]2OC(C)[C@@H](NC=O)C(O)[C@H]2O[C@H]2OC(C)[C@@H](NC=O)C(O)C2O)C1O. The predicted molar refractivity (Wildman–Crippen MR) is 267 cm³/mol. The lowest BCUT2D eigenvalue weighted by atomic mass is 9.93. The Labute approximate surface area is 471 Å². The quantitative estimate of drug-likeness (QED) is 0.0188. The van der Waals surface area contributed by atoms with Crippen molar-refractivity contribution in [3.8, 4) is 0 Å². The van der Waals surface area contributed by atoms with E-state index < -0.39 is 184 Å². The van der Waals surface area contributed by atoms with Gasteiger partial charge in [0.15, 0.2) is 37.7 Å². The highest BCUT2D eigenvalue weighted by Crippen LogP contribution is 2.38. The van der Waals surface area contributed by atoms with Gasteiger partial charge in [-0.2, -0.15) is 0 Å². The van der Waals surface area contributed by atoms with Crippen molar-refractivity contribution in [3.05, 3.63) is 0 Å². The minimum atomic E-state index is -2.03. The number of amides is 6. The molecule has 82 heavy (non-hydrogen) atoms. The van der Waals surface area contributed by atoms with Crippen LogP contribution >= 0.6 is 0 Å². The molecule has 6 aliphatic heterocycles. The third kappa shape index (κ3) is 15.5. The Hall–Kier alpha value is -4.47. The summed E-state index contributed by atoms with van der Waals surface area (Å²) in [5.41, 5.74) is 0. The van der Waals surface area contributed by atoms with Gasteiger partial charge < -0.3 is 129 Å². The second-order valence-corrected chi connectivity index (χ2v) is 20.8. The maximum Gasteiger partial charge on any atom is 0.305 e. The lowest BCUT2D eigenvalue weighted by molar-refractivity contribution is -0.392. The van der Waals surface area contributed by atoms with Crippen molar-refractivity contribution in [1.29, 1.82) is 0 Å². The van der Waals surface area contributed by atoms with Gasteiger partial charge in [0.1, 0.15) is 73.2 Å². The Kier molecular flexibility index (Phi) is 25.3. The first-order chi connectivity index (χ1) is 39.2. The zero-order valence-corrected chi connectivity index (χ0v) is 46.1. The van der Waals surface area contributed by atoms with E-state index in [2.05, 4.69) is 31.9 Å². The Balaban J connectivity index is 1.30. The highest BCUT2D eigenvalue weighted by molar-refractivity contribution is 5.69. The zero-order chi connectivity index (χ0) is 60.1. The molecule has 0 aliphatic carbocycles. The monoisotopic (exact) mass is 1180 g/mol. The number of rotatable bonds is 29. The fourth-order valence-corrected chi connectivity index (χ4v) is 11.0. The molecule has 6 rings (SSSR count). The smallest absolute Gasteiger partial charge is 0.305 e. The number of nitrogens with one attached hydrogen (secondary N) is 6. The van der Waals surface area contributed by atoms with Crippen molar-refractivity contribution in [1.82, 2.24) is 31.9 Å². The molecule has 0 aromatic rings. The number of esters is 1. The van der Waals surface area contributed by atoms with Crippen LogP contribution in [0, 0.1) is 0 Å². The second-order valence-electron chi connectivity index (χ2n) is 20.8. The Morgan fingerprint density at radius 3 is 1.04 bits per heavy atom. The van der Waals surface area contributed by atoms with Crippen molar-refractivity contribution < 1.29 is 131 Å². The van der Waals surface area contributed by atoms with Gasteiger partial charge in [0.05, 0.1) is 80.0 Å². The summed E-state index contributed by atoms with van der Waals surface area (Å²) in [6.45, 7) is 8.90. The fraction of sp³-hybridized carbons (Fsp3) is 0.857. The molecular weight excluding hydrogens is 1100 g/mol. The molecule has 33 heteroatoms. The summed E-state index contributed by atoms with van der Waals surface area (Å²) in [5, 5.41) is 96.8. The van der Waals surface area contributed by atoms with Crippen LogP contribution in [-0.2, 0) is 95.1 Å². The Bertz CT molecular complexity index is 2050. The molecule has 6 saturated heterocycles. The zero-order valence-electron chi connectivity index (χ0n) is 46.1. The second kappa shape index (κ2) is 31.1. The summed E-state index contributed by atoms with van der Waals surface area (Å²) >= 11 is 0. The van der Waals surface area contributed by atoms with E-state index in [1.54, 1.807) is 6.92 Å². The van der Waals surface area contributed by atoms with Gasteiger partial charge in [-0.05, 0) is 54.4 Å². The van der Waals surface area contributed by atoms with Crippen molar-refractivity contribution in [2.75, 3.05) is 13.7 Å². The maximum atomic E-state index is 12.4. The van der Waals surface area contributed by atoms with Gasteiger partial charge in [-0.25, -0.2) is 0 Å². The molecule has 15 unspecified atom stereocenters. The number of unbranched alkanes of at least 4 members (excludes halogenated alkanes) is 2. The fourth-order valence-electron chi connectivity index (χ4n) is 11.0. The van der Waals surface area contributed by atoms with Crippen LogP contribution < -0.4 is 31.9 Å². The summed E-state index contributed by atoms with van der Waals surface area (Å²) in [6.07, 6.45) is -34.3. The molecule has 6 fully saturated rings. The van der Waals surface area contributed by atoms with E-state index in [-0.39, 0.29) is 38.2 Å². The summed E-state index contributed by atoms with van der Waals surface area (Å²) in [6, 6.07) is -7.17. The molecule has 0 aromatic heterocycles. The number of aliphatic hydroxyl groups is 7. The molecule has 0 radical (unpaired) electrons. The molecule has 0 aromatic carbocycles. The van der Waals surface area contributed by atoms with Crippen molar-refractivity contribution in [2.45, 2.75) is 251 Å². The lowest BCUT2D eigenvalue weighted by Gasteiger charge is -2.51. The number of carbonyl (C=O) groups is 7. The van der Waals surface area contributed by atoms with Gasteiger partial charge in [0.25, 0.3) is 0 Å². The van der Waals surface area contributed by atoms with Gasteiger partial charge in [-0.3, -0.25) is 33.6 Å². The summed E-state index contributed by atoms with van der Waals surface area (Å²) < 4.78 is 79.1. The van der Waals surface area contributed by atoms with Gasteiger partial charge in [0.2, 0.25) is 38.5 Å². The standard InChI is InChI=1S/C49H80N6O27/c1-19-26(50-13-56)32(63)37(68)44(72-19)79-41-34(65)28(52-15-58)23(5)77-49(41)82-43-36(67)30(54-17-60)21(3)75-47(43)78-39-31(55-18-61)24(6)73-45(38(39)69)80-42-35(66)29(53-16-59)22(4)76-48(42)81-40-33(64)27(51-14-57)20(2)74-46(40)71-12-10-8-9-11-25(62)70-7/h13-24,26-49,63-69H,8-12H2,1-7H3,(H,50,56)(H,51,57)(H,52,58)(H,53,59)(H,54,60)(H,55,61)/t19?,20?,21?,22?,23?,24?,26-,27-,28-,29-,30-,31-,32?,33?,34?,35?,36?,37?,38?,39?,40-,41-,42-,43?,44-,45-,46+,47-,48-,49-/m1/s1. The highest BCUT2D eigenvalue weighted by atomic mass is 16.8. The molecular formula is C49H80N6O27.